The molecule has 0 aliphatic heterocycles. The number of methoxy groups -OCH3 is 2. The SMILES string of the molecule is COc1cc(OC)c(CC(N)=O)cc1Cl. The number of nitrogens with two attached hydrogens (primary N) is 1. The molecule has 0 radical (unpaired) electrons. The summed E-state index contributed by atoms with van der Waals surface area (Å²) >= 11 is 5.91. The van der Waals surface area contributed by atoms with Gasteiger partial charge in [-0.15, -0.1) is 0 Å². The summed E-state index contributed by atoms with van der Waals surface area (Å²) in [6.07, 6.45) is 0.0902. The fourth-order valence-electron chi connectivity index (χ4n) is 1.25. The number of hydrogen-bond donors (Lipinski definition) is 1. The molecule has 2 N–H and O–H groups in total. The molecule has 0 aliphatic rings. The van der Waals surface area contributed by atoms with Crippen LogP contribution in [0, 0.1) is 0 Å². The fraction of sp³-hybridized carbons (Fsp3) is 0.300. The third-order valence-corrected chi connectivity index (χ3v) is 2.21. The summed E-state index contributed by atoms with van der Waals surface area (Å²) in [5.74, 6) is 0.603. The van der Waals surface area contributed by atoms with E-state index in [1.807, 2.05) is 0 Å². The summed E-state index contributed by atoms with van der Waals surface area (Å²) in [6, 6.07) is 3.24. The summed E-state index contributed by atoms with van der Waals surface area (Å²) in [5, 5.41) is 0.426. The average Bonchev–Trinajstić information content (AvgIpc) is 2.17. The lowest BCUT2D eigenvalue weighted by Gasteiger charge is -2.10. The molecule has 0 aliphatic carbocycles. The Bertz CT molecular complexity index is 379. The van der Waals surface area contributed by atoms with E-state index in [2.05, 4.69) is 0 Å². The topological polar surface area (TPSA) is 61.6 Å². The molecule has 0 saturated heterocycles. The van der Waals surface area contributed by atoms with Gasteiger partial charge in [-0.1, -0.05) is 11.6 Å². The first-order chi connectivity index (χ1) is 7.08. The zero-order valence-corrected chi connectivity index (χ0v) is 9.30. The first-order valence-electron chi connectivity index (χ1n) is 4.27. The highest BCUT2D eigenvalue weighted by Gasteiger charge is 2.11. The van der Waals surface area contributed by atoms with Gasteiger partial charge < -0.3 is 15.2 Å². The van der Waals surface area contributed by atoms with Crippen molar-refractivity contribution in [3.63, 3.8) is 0 Å². The predicted octanol–water partition coefficient (Wildman–Crippen LogP) is 1.38. The van der Waals surface area contributed by atoms with Gasteiger partial charge in [0.1, 0.15) is 11.5 Å². The minimum atomic E-state index is -0.436. The Labute approximate surface area is 92.9 Å². The van der Waals surface area contributed by atoms with Gasteiger partial charge in [0.15, 0.2) is 0 Å². The smallest absolute Gasteiger partial charge is 0.221 e. The molecule has 0 saturated carbocycles. The van der Waals surface area contributed by atoms with Gasteiger partial charge in [-0.3, -0.25) is 4.79 Å². The number of benzene rings is 1. The number of primary amides is 1. The lowest BCUT2D eigenvalue weighted by molar-refractivity contribution is -0.117. The summed E-state index contributed by atoms with van der Waals surface area (Å²) in [6.45, 7) is 0. The minimum Gasteiger partial charge on any atom is -0.496 e. The Morgan fingerprint density at radius 2 is 1.93 bits per heavy atom. The van der Waals surface area contributed by atoms with Crippen molar-refractivity contribution in [3.8, 4) is 11.5 Å². The van der Waals surface area contributed by atoms with Crippen LogP contribution in [-0.2, 0) is 11.2 Å². The Morgan fingerprint density at radius 1 is 1.33 bits per heavy atom. The van der Waals surface area contributed by atoms with Crippen molar-refractivity contribution in [2.45, 2.75) is 6.42 Å². The van der Waals surface area contributed by atoms with Crippen LogP contribution in [-0.4, -0.2) is 20.1 Å². The van der Waals surface area contributed by atoms with E-state index in [1.54, 1.807) is 12.1 Å². The molecular weight excluding hydrogens is 218 g/mol. The largest absolute Gasteiger partial charge is 0.496 e. The number of ether oxygens (including phenoxy) is 2. The molecule has 0 fully saturated rings. The molecule has 0 atom stereocenters. The molecular formula is C10H12ClNO3. The third kappa shape index (κ3) is 2.76. The van der Waals surface area contributed by atoms with E-state index >= 15 is 0 Å². The zero-order chi connectivity index (χ0) is 11.4. The monoisotopic (exact) mass is 229 g/mol. The van der Waals surface area contributed by atoms with Gasteiger partial charge in [-0.2, -0.15) is 0 Å². The number of hydrogen-bond acceptors (Lipinski definition) is 3. The molecule has 82 valence electrons. The Morgan fingerprint density at radius 3 is 2.40 bits per heavy atom. The van der Waals surface area contributed by atoms with Gasteiger partial charge >= 0.3 is 0 Å². The van der Waals surface area contributed by atoms with Crippen LogP contribution in [0.1, 0.15) is 5.56 Å². The number of carbonyl (C=O) groups is 1. The van der Waals surface area contributed by atoms with E-state index in [0.29, 0.717) is 22.1 Å². The molecule has 1 amide bonds. The van der Waals surface area contributed by atoms with E-state index in [1.165, 1.54) is 14.2 Å². The van der Waals surface area contributed by atoms with Gasteiger partial charge in [0.25, 0.3) is 0 Å². The van der Waals surface area contributed by atoms with Crippen molar-refractivity contribution in [1.82, 2.24) is 0 Å². The average molecular weight is 230 g/mol. The molecule has 1 rings (SSSR count). The number of carbonyl (C=O) groups excluding carboxylic acids is 1. The van der Waals surface area contributed by atoms with Crippen LogP contribution < -0.4 is 15.2 Å². The second-order valence-corrected chi connectivity index (χ2v) is 3.35. The van der Waals surface area contributed by atoms with Crippen molar-refractivity contribution in [2.24, 2.45) is 5.73 Å². The molecule has 15 heavy (non-hydrogen) atoms. The molecule has 0 aromatic heterocycles. The molecule has 4 nitrogen and oxygen atoms in total. The maximum absolute atomic E-state index is 10.8. The van der Waals surface area contributed by atoms with Gasteiger partial charge in [0, 0.05) is 11.6 Å². The highest BCUT2D eigenvalue weighted by molar-refractivity contribution is 6.32. The first kappa shape index (κ1) is 11.7. The standard InChI is InChI=1S/C10H12ClNO3/c1-14-8-5-9(15-2)7(11)3-6(8)4-10(12)13/h3,5H,4H2,1-2H3,(H2,12,13). The fourth-order valence-corrected chi connectivity index (χ4v) is 1.51. The zero-order valence-electron chi connectivity index (χ0n) is 8.54. The van der Waals surface area contributed by atoms with Crippen LogP contribution in [0.15, 0.2) is 12.1 Å². The summed E-state index contributed by atoms with van der Waals surface area (Å²) in [4.78, 5) is 10.8. The summed E-state index contributed by atoms with van der Waals surface area (Å²) in [5.41, 5.74) is 5.75. The van der Waals surface area contributed by atoms with Crippen molar-refractivity contribution in [2.75, 3.05) is 14.2 Å². The lowest BCUT2D eigenvalue weighted by Crippen LogP contribution is -2.14. The second kappa shape index (κ2) is 4.89. The van der Waals surface area contributed by atoms with Gasteiger partial charge in [0.2, 0.25) is 5.91 Å². The maximum atomic E-state index is 10.8. The first-order valence-corrected chi connectivity index (χ1v) is 4.65. The van der Waals surface area contributed by atoms with Crippen LogP contribution >= 0.6 is 11.6 Å². The van der Waals surface area contributed by atoms with E-state index in [9.17, 15) is 4.79 Å². The van der Waals surface area contributed by atoms with Crippen LogP contribution in [0.3, 0.4) is 0 Å². The maximum Gasteiger partial charge on any atom is 0.221 e. The lowest BCUT2D eigenvalue weighted by atomic mass is 10.1. The molecule has 0 bridgehead atoms. The summed E-state index contributed by atoms with van der Waals surface area (Å²) < 4.78 is 10.1. The van der Waals surface area contributed by atoms with Crippen molar-refractivity contribution in [3.05, 3.63) is 22.7 Å². The number of halogens is 1. The van der Waals surface area contributed by atoms with Crippen molar-refractivity contribution >= 4 is 17.5 Å². The van der Waals surface area contributed by atoms with E-state index in [0.717, 1.165) is 0 Å². The molecule has 1 aromatic carbocycles. The highest BCUT2D eigenvalue weighted by Crippen LogP contribution is 2.32. The molecule has 0 heterocycles. The third-order valence-electron chi connectivity index (χ3n) is 1.92. The van der Waals surface area contributed by atoms with E-state index in [-0.39, 0.29) is 6.42 Å². The quantitative estimate of drug-likeness (QED) is 0.849. The predicted molar refractivity (Wildman–Crippen MR) is 57.5 cm³/mol. The van der Waals surface area contributed by atoms with Crippen molar-refractivity contribution < 1.29 is 14.3 Å². The molecule has 0 unspecified atom stereocenters. The van der Waals surface area contributed by atoms with E-state index in [4.69, 9.17) is 26.8 Å². The van der Waals surface area contributed by atoms with Crippen LogP contribution in [0.25, 0.3) is 0 Å². The van der Waals surface area contributed by atoms with Crippen LogP contribution in [0.5, 0.6) is 11.5 Å². The van der Waals surface area contributed by atoms with Gasteiger partial charge in [-0.25, -0.2) is 0 Å². The normalized spacial score (nSPS) is 9.80. The second-order valence-electron chi connectivity index (χ2n) is 2.94. The van der Waals surface area contributed by atoms with Crippen LogP contribution in [0.4, 0.5) is 0 Å². The minimum absolute atomic E-state index is 0.0902. The Hall–Kier alpha value is -1.42. The molecule has 5 heteroatoms. The van der Waals surface area contributed by atoms with E-state index < -0.39 is 5.91 Å². The number of rotatable bonds is 4. The Kier molecular flexibility index (Phi) is 3.80. The van der Waals surface area contributed by atoms with Gasteiger partial charge in [0.05, 0.1) is 25.7 Å². The molecule has 0 spiro atoms. The molecule has 1 aromatic rings. The van der Waals surface area contributed by atoms with Gasteiger partial charge in [-0.05, 0) is 6.07 Å². The number of amides is 1. The summed E-state index contributed by atoms with van der Waals surface area (Å²) in [7, 11) is 3.02. The van der Waals surface area contributed by atoms with Crippen LogP contribution in [0.2, 0.25) is 5.02 Å². The highest BCUT2D eigenvalue weighted by atomic mass is 35.5. The van der Waals surface area contributed by atoms with Crippen molar-refractivity contribution in [1.29, 1.82) is 0 Å². The Balaban J connectivity index is 3.15.